The summed E-state index contributed by atoms with van der Waals surface area (Å²) >= 11 is 0. The molecule has 19 heavy (non-hydrogen) atoms. The molecular weight excluding hydrogens is 266 g/mol. The molecule has 0 atom stereocenters. The molecule has 6 nitrogen and oxygen atoms in total. The zero-order valence-electron chi connectivity index (χ0n) is 10.5. The third-order valence-electron chi connectivity index (χ3n) is 3.06. The average molecular weight is 283 g/mol. The molecule has 0 aliphatic carbocycles. The number of likely N-dealkylation sites (tertiary alicyclic amines) is 1. The van der Waals surface area contributed by atoms with Crippen molar-refractivity contribution < 1.29 is 13.2 Å². The fourth-order valence-corrected chi connectivity index (χ4v) is 2.94. The summed E-state index contributed by atoms with van der Waals surface area (Å²) in [7, 11) is -3.65. The van der Waals surface area contributed by atoms with E-state index in [1.807, 2.05) is 0 Å². The Morgan fingerprint density at radius 2 is 1.79 bits per heavy atom. The predicted molar refractivity (Wildman–Crippen MR) is 71.9 cm³/mol. The van der Waals surface area contributed by atoms with Crippen molar-refractivity contribution >= 4 is 21.6 Å². The Bertz CT molecular complexity index is 548. The highest BCUT2D eigenvalue weighted by molar-refractivity contribution is 7.89. The van der Waals surface area contributed by atoms with Crippen molar-refractivity contribution in [3.05, 3.63) is 24.3 Å². The SMILES string of the molecule is Nc1ccc(S(=O)(=O)NCC(=O)N2CCCC2)cc1. The molecule has 0 saturated carbocycles. The van der Waals surface area contributed by atoms with Gasteiger partial charge in [0.25, 0.3) is 0 Å². The van der Waals surface area contributed by atoms with Crippen LogP contribution in [0.4, 0.5) is 5.69 Å². The largest absolute Gasteiger partial charge is 0.399 e. The van der Waals surface area contributed by atoms with Crippen molar-refractivity contribution in [2.24, 2.45) is 0 Å². The van der Waals surface area contributed by atoms with Crippen molar-refractivity contribution in [1.29, 1.82) is 0 Å². The van der Waals surface area contributed by atoms with Gasteiger partial charge >= 0.3 is 0 Å². The lowest BCUT2D eigenvalue weighted by Crippen LogP contribution is -2.38. The van der Waals surface area contributed by atoms with Crippen LogP contribution in [0, 0.1) is 0 Å². The minimum atomic E-state index is -3.65. The second-order valence-corrected chi connectivity index (χ2v) is 6.25. The van der Waals surface area contributed by atoms with E-state index in [0.29, 0.717) is 18.8 Å². The molecule has 0 unspecified atom stereocenters. The Hall–Kier alpha value is -1.60. The first kappa shape index (κ1) is 13.8. The van der Waals surface area contributed by atoms with Gasteiger partial charge in [0, 0.05) is 18.8 Å². The monoisotopic (exact) mass is 283 g/mol. The highest BCUT2D eigenvalue weighted by Crippen LogP contribution is 2.12. The maximum absolute atomic E-state index is 11.9. The quantitative estimate of drug-likeness (QED) is 0.770. The van der Waals surface area contributed by atoms with Crippen molar-refractivity contribution in [3.8, 4) is 0 Å². The number of amides is 1. The van der Waals surface area contributed by atoms with Gasteiger partial charge in [0.15, 0.2) is 0 Å². The zero-order valence-corrected chi connectivity index (χ0v) is 11.3. The van der Waals surface area contributed by atoms with E-state index in [4.69, 9.17) is 5.73 Å². The minimum Gasteiger partial charge on any atom is -0.399 e. The molecule has 1 saturated heterocycles. The molecule has 1 heterocycles. The van der Waals surface area contributed by atoms with Gasteiger partial charge < -0.3 is 10.6 Å². The fraction of sp³-hybridized carbons (Fsp3) is 0.417. The van der Waals surface area contributed by atoms with Crippen molar-refractivity contribution in [1.82, 2.24) is 9.62 Å². The molecule has 0 bridgehead atoms. The highest BCUT2D eigenvalue weighted by atomic mass is 32.2. The molecule has 7 heteroatoms. The maximum atomic E-state index is 11.9. The summed E-state index contributed by atoms with van der Waals surface area (Å²) in [4.78, 5) is 13.5. The molecule has 1 aliphatic rings. The van der Waals surface area contributed by atoms with Crippen LogP contribution in [0.3, 0.4) is 0 Å². The van der Waals surface area contributed by atoms with E-state index in [1.165, 1.54) is 24.3 Å². The third kappa shape index (κ3) is 3.45. The first-order valence-electron chi connectivity index (χ1n) is 6.12. The van der Waals surface area contributed by atoms with Crippen LogP contribution in [0.2, 0.25) is 0 Å². The second-order valence-electron chi connectivity index (χ2n) is 4.48. The van der Waals surface area contributed by atoms with Gasteiger partial charge in [-0.25, -0.2) is 13.1 Å². The minimum absolute atomic E-state index is 0.107. The summed E-state index contributed by atoms with van der Waals surface area (Å²) in [6.07, 6.45) is 1.97. The van der Waals surface area contributed by atoms with Gasteiger partial charge in [-0.15, -0.1) is 0 Å². The number of nitrogens with one attached hydrogen (secondary N) is 1. The first-order valence-corrected chi connectivity index (χ1v) is 7.60. The lowest BCUT2D eigenvalue weighted by Gasteiger charge is -2.15. The summed E-state index contributed by atoms with van der Waals surface area (Å²) in [5.74, 6) is -0.184. The van der Waals surface area contributed by atoms with Crippen LogP contribution in [0.5, 0.6) is 0 Å². The Balaban J connectivity index is 1.97. The molecule has 0 radical (unpaired) electrons. The zero-order chi connectivity index (χ0) is 13.9. The Morgan fingerprint density at radius 1 is 1.21 bits per heavy atom. The standard InChI is InChI=1S/C12H17N3O3S/c13-10-3-5-11(6-4-10)19(17,18)14-9-12(16)15-7-1-2-8-15/h3-6,14H,1-2,7-9,13H2. The van der Waals surface area contributed by atoms with Crippen molar-refractivity contribution in [2.45, 2.75) is 17.7 Å². The summed E-state index contributed by atoms with van der Waals surface area (Å²) in [5, 5.41) is 0. The van der Waals surface area contributed by atoms with Crippen LogP contribution in [-0.4, -0.2) is 38.9 Å². The molecule has 1 amide bonds. The molecule has 1 aromatic carbocycles. The molecule has 0 spiro atoms. The molecule has 1 fully saturated rings. The normalized spacial score (nSPS) is 15.7. The first-order chi connectivity index (χ1) is 8.99. The molecule has 1 aromatic rings. The van der Waals surface area contributed by atoms with Crippen LogP contribution in [0.25, 0.3) is 0 Å². The van der Waals surface area contributed by atoms with Gasteiger partial charge in [0.2, 0.25) is 15.9 Å². The lowest BCUT2D eigenvalue weighted by atomic mass is 10.3. The van der Waals surface area contributed by atoms with E-state index in [2.05, 4.69) is 4.72 Å². The van der Waals surface area contributed by atoms with Crippen LogP contribution in [0.1, 0.15) is 12.8 Å². The van der Waals surface area contributed by atoms with Crippen LogP contribution in [-0.2, 0) is 14.8 Å². The Morgan fingerprint density at radius 3 is 2.37 bits per heavy atom. The van der Waals surface area contributed by atoms with Gasteiger partial charge in [0.05, 0.1) is 11.4 Å². The number of nitrogens with two attached hydrogens (primary N) is 1. The van der Waals surface area contributed by atoms with Gasteiger partial charge in [-0.1, -0.05) is 0 Å². The van der Waals surface area contributed by atoms with Crippen LogP contribution < -0.4 is 10.5 Å². The number of hydrogen-bond donors (Lipinski definition) is 2. The number of carbonyl (C=O) groups excluding carboxylic acids is 1. The molecule has 0 aromatic heterocycles. The summed E-state index contributed by atoms with van der Waals surface area (Å²) < 4.78 is 26.2. The van der Waals surface area contributed by atoms with E-state index in [0.717, 1.165) is 12.8 Å². The van der Waals surface area contributed by atoms with E-state index in [1.54, 1.807) is 4.90 Å². The molecule has 2 rings (SSSR count). The van der Waals surface area contributed by atoms with Crippen molar-refractivity contribution in [3.63, 3.8) is 0 Å². The van der Waals surface area contributed by atoms with Gasteiger partial charge in [0.1, 0.15) is 0 Å². The molecule has 1 aliphatic heterocycles. The van der Waals surface area contributed by atoms with Gasteiger partial charge in [-0.05, 0) is 37.1 Å². The number of hydrogen-bond acceptors (Lipinski definition) is 4. The highest BCUT2D eigenvalue weighted by Gasteiger charge is 2.20. The smallest absolute Gasteiger partial charge is 0.241 e. The third-order valence-corrected chi connectivity index (χ3v) is 4.48. The number of sulfonamides is 1. The van der Waals surface area contributed by atoms with Gasteiger partial charge in [-0.2, -0.15) is 0 Å². The molecule has 104 valence electrons. The maximum Gasteiger partial charge on any atom is 0.241 e. The predicted octanol–water partition coefficient (Wildman–Crippen LogP) is 0.169. The summed E-state index contributed by atoms with van der Waals surface area (Å²) in [6, 6.07) is 5.85. The summed E-state index contributed by atoms with van der Waals surface area (Å²) in [5.41, 5.74) is 5.99. The number of carbonyl (C=O) groups is 1. The Kier molecular flexibility index (Phi) is 4.06. The van der Waals surface area contributed by atoms with E-state index in [-0.39, 0.29) is 17.3 Å². The fourth-order valence-electron chi connectivity index (χ4n) is 1.97. The molecular formula is C12H17N3O3S. The van der Waals surface area contributed by atoms with E-state index < -0.39 is 10.0 Å². The number of nitrogen functional groups attached to an aromatic ring is 1. The number of nitrogens with zero attached hydrogens (tertiary/aromatic N) is 1. The van der Waals surface area contributed by atoms with Crippen LogP contribution in [0.15, 0.2) is 29.2 Å². The second kappa shape index (κ2) is 5.58. The molecule has 3 N–H and O–H groups in total. The van der Waals surface area contributed by atoms with Crippen molar-refractivity contribution in [2.75, 3.05) is 25.4 Å². The summed E-state index contributed by atoms with van der Waals surface area (Å²) in [6.45, 7) is 1.22. The number of rotatable bonds is 4. The average Bonchev–Trinajstić information content (AvgIpc) is 2.90. The van der Waals surface area contributed by atoms with E-state index >= 15 is 0 Å². The Labute approximate surface area is 112 Å². The van der Waals surface area contributed by atoms with Crippen LogP contribution >= 0.6 is 0 Å². The van der Waals surface area contributed by atoms with E-state index in [9.17, 15) is 13.2 Å². The number of anilines is 1. The number of benzene rings is 1. The lowest BCUT2D eigenvalue weighted by molar-refractivity contribution is -0.128. The topological polar surface area (TPSA) is 92.5 Å². The van der Waals surface area contributed by atoms with Gasteiger partial charge in [-0.3, -0.25) is 4.79 Å².